The first-order chi connectivity index (χ1) is 10.2. The van der Waals surface area contributed by atoms with E-state index in [-0.39, 0.29) is 6.03 Å². The molecule has 1 N–H and O–H groups in total. The van der Waals surface area contributed by atoms with Crippen molar-refractivity contribution in [2.75, 3.05) is 18.1 Å². The van der Waals surface area contributed by atoms with E-state index in [4.69, 9.17) is 0 Å². The Bertz CT molecular complexity index is 589. The summed E-state index contributed by atoms with van der Waals surface area (Å²) in [5.41, 5.74) is 1.89. The highest BCUT2D eigenvalue weighted by molar-refractivity contribution is 7.98. The Morgan fingerprint density at radius 1 is 1.29 bits per heavy atom. The van der Waals surface area contributed by atoms with Gasteiger partial charge in [0.15, 0.2) is 0 Å². The summed E-state index contributed by atoms with van der Waals surface area (Å²) >= 11 is 1.65. The fourth-order valence-electron chi connectivity index (χ4n) is 1.94. The van der Waals surface area contributed by atoms with E-state index in [1.807, 2.05) is 49.6 Å². The van der Waals surface area contributed by atoms with Gasteiger partial charge in [0.25, 0.3) is 0 Å². The largest absolute Gasteiger partial charge is 0.322 e. The van der Waals surface area contributed by atoms with Gasteiger partial charge in [-0.3, -0.25) is 4.98 Å². The van der Waals surface area contributed by atoms with Crippen LogP contribution in [-0.4, -0.2) is 28.7 Å². The van der Waals surface area contributed by atoms with Crippen LogP contribution in [-0.2, 0) is 6.54 Å². The zero-order chi connectivity index (χ0) is 15.1. The molecular formula is C16H19N3OS. The summed E-state index contributed by atoms with van der Waals surface area (Å²) in [6.07, 6.45) is 5.49. The number of hydrogen-bond acceptors (Lipinski definition) is 3. The summed E-state index contributed by atoms with van der Waals surface area (Å²) in [6, 6.07) is 11.6. The van der Waals surface area contributed by atoms with Crippen LogP contribution in [0.5, 0.6) is 0 Å². The monoisotopic (exact) mass is 301 g/mol. The molecule has 2 aromatic rings. The van der Waals surface area contributed by atoms with Crippen molar-refractivity contribution < 1.29 is 4.79 Å². The molecular weight excluding hydrogens is 282 g/mol. The summed E-state index contributed by atoms with van der Waals surface area (Å²) in [6.45, 7) is 3.20. The fourth-order valence-corrected chi connectivity index (χ4v) is 2.40. The highest BCUT2D eigenvalue weighted by Gasteiger charge is 2.12. The predicted octanol–water partition coefficient (Wildman–Crippen LogP) is 3.86. The molecule has 0 bridgehead atoms. The lowest BCUT2D eigenvalue weighted by Gasteiger charge is -2.21. The molecule has 0 aliphatic heterocycles. The number of nitrogens with one attached hydrogen (secondary N) is 1. The molecule has 21 heavy (non-hydrogen) atoms. The molecule has 0 unspecified atom stereocenters. The molecule has 0 aliphatic rings. The number of nitrogens with zero attached hydrogens (tertiary/aromatic N) is 2. The molecule has 1 aromatic heterocycles. The van der Waals surface area contributed by atoms with Gasteiger partial charge >= 0.3 is 6.03 Å². The van der Waals surface area contributed by atoms with Crippen molar-refractivity contribution in [1.29, 1.82) is 0 Å². The Morgan fingerprint density at radius 3 is 2.71 bits per heavy atom. The molecule has 110 valence electrons. The first kappa shape index (κ1) is 15.4. The average molecular weight is 301 g/mol. The van der Waals surface area contributed by atoms with Gasteiger partial charge in [-0.1, -0.05) is 6.07 Å². The molecule has 0 radical (unpaired) electrons. The molecule has 1 heterocycles. The van der Waals surface area contributed by atoms with Gasteiger partial charge in [-0.2, -0.15) is 0 Å². The van der Waals surface area contributed by atoms with Gasteiger partial charge in [0.1, 0.15) is 0 Å². The lowest BCUT2D eigenvalue weighted by molar-refractivity contribution is 0.212. The van der Waals surface area contributed by atoms with Crippen molar-refractivity contribution >= 4 is 23.5 Å². The van der Waals surface area contributed by atoms with E-state index in [2.05, 4.69) is 10.3 Å². The SMILES string of the molecule is CCN(Cc1ccncc1)C(=O)Nc1cccc(SC)c1. The zero-order valence-corrected chi connectivity index (χ0v) is 13.1. The minimum absolute atomic E-state index is 0.0902. The average Bonchev–Trinajstić information content (AvgIpc) is 2.53. The van der Waals surface area contributed by atoms with Gasteiger partial charge < -0.3 is 10.2 Å². The third-order valence-corrected chi connectivity index (χ3v) is 3.84. The second-order valence-electron chi connectivity index (χ2n) is 4.53. The number of rotatable bonds is 5. The van der Waals surface area contributed by atoms with Crippen molar-refractivity contribution in [1.82, 2.24) is 9.88 Å². The Hall–Kier alpha value is -2.01. The Morgan fingerprint density at radius 2 is 2.05 bits per heavy atom. The minimum atomic E-state index is -0.0902. The van der Waals surface area contributed by atoms with E-state index in [1.54, 1.807) is 29.1 Å². The number of benzene rings is 1. The maximum absolute atomic E-state index is 12.3. The number of hydrogen-bond donors (Lipinski definition) is 1. The standard InChI is InChI=1S/C16H19N3OS/c1-3-19(12-13-7-9-17-10-8-13)16(20)18-14-5-4-6-15(11-14)21-2/h4-11H,3,12H2,1-2H3,(H,18,20). The summed E-state index contributed by atoms with van der Waals surface area (Å²) in [5, 5.41) is 2.95. The van der Waals surface area contributed by atoms with Crippen LogP contribution < -0.4 is 5.32 Å². The lowest BCUT2D eigenvalue weighted by Crippen LogP contribution is -2.34. The first-order valence-corrected chi connectivity index (χ1v) is 8.04. The normalized spacial score (nSPS) is 10.2. The smallest absolute Gasteiger partial charge is 0.320 e. The van der Waals surface area contributed by atoms with Crippen molar-refractivity contribution in [2.24, 2.45) is 0 Å². The van der Waals surface area contributed by atoms with Gasteiger partial charge in [-0.05, 0) is 49.1 Å². The van der Waals surface area contributed by atoms with Gasteiger partial charge in [0.2, 0.25) is 0 Å². The van der Waals surface area contributed by atoms with Crippen LogP contribution in [0.3, 0.4) is 0 Å². The van der Waals surface area contributed by atoms with Crippen molar-refractivity contribution in [3.8, 4) is 0 Å². The number of thioether (sulfide) groups is 1. The molecule has 4 nitrogen and oxygen atoms in total. The van der Waals surface area contributed by atoms with Gasteiger partial charge in [-0.15, -0.1) is 11.8 Å². The van der Waals surface area contributed by atoms with Crippen LogP contribution in [0, 0.1) is 0 Å². The fraction of sp³-hybridized carbons (Fsp3) is 0.250. The number of aromatic nitrogens is 1. The molecule has 2 amide bonds. The number of pyridine rings is 1. The Labute approximate surface area is 129 Å². The number of urea groups is 1. The van der Waals surface area contributed by atoms with Crippen LogP contribution in [0.25, 0.3) is 0 Å². The van der Waals surface area contributed by atoms with Crippen LogP contribution in [0.2, 0.25) is 0 Å². The van der Waals surface area contributed by atoms with Crippen LogP contribution in [0.1, 0.15) is 12.5 Å². The number of amides is 2. The zero-order valence-electron chi connectivity index (χ0n) is 12.2. The van der Waals surface area contributed by atoms with E-state index in [0.29, 0.717) is 13.1 Å². The minimum Gasteiger partial charge on any atom is -0.320 e. The van der Waals surface area contributed by atoms with E-state index in [9.17, 15) is 4.79 Å². The first-order valence-electron chi connectivity index (χ1n) is 6.82. The Kier molecular flexibility index (Phi) is 5.63. The topological polar surface area (TPSA) is 45.2 Å². The quantitative estimate of drug-likeness (QED) is 0.853. The molecule has 1 aromatic carbocycles. The Balaban J connectivity index is 2.02. The second kappa shape index (κ2) is 7.69. The summed E-state index contributed by atoms with van der Waals surface area (Å²) in [7, 11) is 0. The summed E-state index contributed by atoms with van der Waals surface area (Å²) in [5.74, 6) is 0. The van der Waals surface area contributed by atoms with Gasteiger partial charge in [0.05, 0.1) is 0 Å². The molecule has 0 atom stereocenters. The van der Waals surface area contributed by atoms with Crippen molar-refractivity contribution in [3.05, 3.63) is 54.4 Å². The van der Waals surface area contributed by atoms with E-state index in [1.165, 1.54) is 0 Å². The summed E-state index contributed by atoms with van der Waals surface area (Å²) < 4.78 is 0. The molecule has 2 rings (SSSR count). The van der Waals surface area contributed by atoms with Gasteiger partial charge in [-0.25, -0.2) is 4.79 Å². The van der Waals surface area contributed by atoms with E-state index in [0.717, 1.165) is 16.1 Å². The van der Waals surface area contributed by atoms with E-state index < -0.39 is 0 Å². The maximum Gasteiger partial charge on any atom is 0.322 e. The third kappa shape index (κ3) is 4.49. The van der Waals surface area contributed by atoms with Gasteiger partial charge in [0, 0.05) is 36.1 Å². The third-order valence-electron chi connectivity index (χ3n) is 3.11. The molecule has 5 heteroatoms. The number of carbonyl (C=O) groups excluding carboxylic acids is 1. The number of anilines is 1. The van der Waals surface area contributed by atoms with Crippen molar-refractivity contribution in [2.45, 2.75) is 18.4 Å². The highest BCUT2D eigenvalue weighted by atomic mass is 32.2. The molecule has 0 spiro atoms. The van der Waals surface area contributed by atoms with E-state index >= 15 is 0 Å². The van der Waals surface area contributed by atoms with Crippen LogP contribution in [0.15, 0.2) is 53.7 Å². The van der Waals surface area contributed by atoms with Crippen LogP contribution >= 0.6 is 11.8 Å². The molecule has 0 saturated carbocycles. The molecule has 0 aliphatic carbocycles. The molecule has 0 fully saturated rings. The molecule has 0 saturated heterocycles. The summed E-state index contributed by atoms with van der Waals surface area (Å²) in [4.78, 5) is 19.2. The highest BCUT2D eigenvalue weighted by Crippen LogP contribution is 2.19. The lowest BCUT2D eigenvalue weighted by atomic mass is 10.2. The number of carbonyl (C=O) groups is 1. The van der Waals surface area contributed by atoms with Crippen LogP contribution in [0.4, 0.5) is 10.5 Å². The van der Waals surface area contributed by atoms with Crippen molar-refractivity contribution in [3.63, 3.8) is 0 Å². The predicted molar refractivity (Wildman–Crippen MR) is 87.6 cm³/mol. The maximum atomic E-state index is 12.3. The second-order valence-corrected chi connectivity index (χ2v) is 5.41.